The molecule has 2 aromatic heterocycles. The topological polar surface area (TPSA) is 99.7 Å². The number of hydrogen-bond donors (Lipinski definition) is 1. The lowest BCUT2D eigenvalue weighted by molar-refractivity contribution is 0.0996. The molecule has 0 radical (unpaired) electrons. The van der Waals surface area contributed by atoms with Crippen LogP contribution in [0.5, 0.6) is 0 Å². The van der Waals surface area contributed by atoms with E-state index >= 15 is 0 Å². The SMILES string of the molecule is Cn1cnnc1-c1cc(C#N)ccc1-c1cc(C2CC2)nc(N2Cc3ccc(CNCC4CCC4)cc3C2=O)c1. The third-order valence-electron chi connectivity index (χ3n) is 8.48. The minimum atomic E-state index is -0.00408. The van der Waals surface area contributed by atoms with Crippen LogP contribution in [0.25, 0.3) is 22.5 Å². The minimum Gasteiger partial charge on any atom is -0.317 e. The fraction of sp³-hybridized carbons (Fsp3) is 0.344. The molecule has 40 heavy (non-hydrogen) atoms. The van der Waals surface area contributed by atoms with Gasteiger partial charge in [-0.15, -0.1) is 10.2 Å². The molecule has 3 aliphatic rings. The Hall–Kier alpha value is -4.35. The van der Waals surface area contributed by atoms with Crippen LogP contribution >= 0.6 is 0 Å². The van der Waals surface area contributed by atoms with E-state index in [9.17, 15) is 10.1 Å². The van der Waals surface area contributed by atoms with E-state index in [0.717, 1.165) is 70.9 Å². The largest absolute Gasteiger partial charge is 0.317 e. The van der Waals surface area contributed by atoms with Gasteiger partial charge in [0.25, 0.3) is 5.91 Å². The zero-order valence-corrected chi connectivity index (χ0v) is 22.6. The molecule has 7 rings (SSSR count). The molecule has 1 N–H and O–H groups in total. The summed E-state index contributed by atoms with van der Waals surface area (Å²) in [5, 5.41) is 21.5. The Labute approximate surface area is 233 Å². The molecule has 8 nitrogen and oxygen atoms in total. The fourth-order valence-corrected chi connectivity index (χ4v) is 5.76. The highest BCUT2D eigenvalue weighted by Gasteiger charge is 2.32. The summed E-state index contributed by atoms with van der Waals surface area (Å²) in [5.41, 5.74) is 7.22. The summed E-state index contributed by atoms with van der Waals surface area (Å²) >= 11 is 0. The van der Waals surface area contributed by atoms with E-state index < -0.39 is 0 Å². The van der Waals surface area contributed by atoms with Gasteiger partial charge in [-0.05, 0) is 90.7 Å². The summed E-state index contributed by atoms with van der Waals surface area (Å²) in [7, 11) is 1.89. The van der Waals surface area contributed by atoms with E-state index in [4.69, 9.17) is 4.98 Å². The quantitative estimate of drug-likeness (QED) is 0.331. The van der Waals surface area contributed by atoms with Crippen molar-refractivity contribution < 1.29 is 4.79 Å². The molecule has 2 aromatic carbocycles. The number of amides is 1. The van der Waals surface area contributed by atoms with E-state index in [-0.39, 0.29) is 5.91 Å². The molecule has 4 aromatic rings. The zero-order chi connectivity index (χ0) is 27.2. The van der Waals surface area contributed by atoms with E-state index in [1.807, 2.05) is 41.9 Å². The average Bonchev–Trinajstić information content (AvgIpc) is 3.64. The molecule has 2 fully saturated rings. The number of benzene rings is 2. The first kappa shape index (κ1) is 24.7. The minimum absolute atomic E-state index is 0.00408. The number of carbonyl (C=O) groups excluding carboxylic acids is 1. The number of carbonyl (C=O) groups is 1. The zero-order valence-electron chi connectivity index (χ0n) is 22.6. The van der Waals surface area contributed by atoms with Crippen LogP contribution in [0, 0.1) is 17.2 Å². The van der Waals surface area contributed by atoms with Crippen molar-refractivity contribution in [3.8, 4) is 28.6 Å². The first-order valence-corrected chi connectivity index (χ1v) is 14.1. The highest BCUT2D eigenvalue weighted by atomic mass is 16.2. The molecule has 8 heteroatoms. The number of nitrogens with one attached hydrogen (secondary N) is 1. The van der Waals surface area contributed by atoms with Crippen LogP contribution in [-0.4, -0.2) is 32.2 Å². The van der Waals surface area contributed by atoms with Gasteiger partial charge in [0, 0.05) is 36.3 Å². The number of anilines is 1. The van der Waals surface area contributed by atoms with Crippen LogP contribution in [0.15, 0.2) is 54.9 Å². The maximum Gasteiger partial charge on any atom is 0.260 e. The Morgan fingerprint density at radius 1 is 1.02 bits per heavy atom. The molecule has 2 saturated carbocycles. The molecular formula is C32H31N7O. The summed E-state index contributed by atoms with van der Waals surface area (Å²) in [6.07, 6.45) is 7.85. The molecule has 0 saturated heterocycles. The van der Waals surface area contributed by atoms with Gasteiger partial charge in [0.15, 0.2) is 5.82 Å². The van der Waals surface area contributed by atoms with Gasteiger partial charge in [0.2, 0.25) is 0 Å². The highest BCUT2D eigenvalue weighted by molar-refractivity contribution is 6.10. The predicted molar refractivity (Wildman–Crippen MR) is 152 cm³/mol. The highest BCUT2D eigenvalue weighted by Crippen LogP contribution is 2.43. The summed E-state index contributed by atoms with van der Waals surface area (Å²) in [6, 6.07) is 18.3. The van der Waals surface area contributed by atoms with E-state index in [0.29, 0.717) is 29.7 Å². The molecule has 1 aliphatic heterocycles. The van der Waals surface area contributed by atoms with Gasteiger partial charge in [-0.3, -0.25) is 9.69 Å². The number of pyridine rings is 1. The van der Waals surface area contributed by atoms with Crippen molar-refractivity contribution in [1.29, 1.82) is 5.26 Å². The summed E-state index contributed by atoms with van der Waals surface area (Å²) < 4.78 is 1.85. The molecule has 0 bridgehead atoms. The molecule has 0 unspecified atom stereocenters. The number of nitrogens with zero attached hydrogens (tertiary/aromatic N) is 6. The van der Waals surface area contributed by atoms with Crippen molar-refractivity contribution in [2.75, 3.05) is 11.4 Å². The third kappa shape index (κ3) is 4.56. The fourth-order valence-electron chi connectivity index (χ4n) is 5.76. The van der Waals surface area contributed by atoms with Crippen molar-refractivity contribution in [1.82, 2.24) is 25.1 Å². The van der Waals surface area contributed by atoms with Crippen molar-refractivity contribution >= 4 is 11.7 Å². The van der Waals surface area contributed by atoms with Crippen LogP contribution in [0.4, 0.5) is 5.82 Å². The molecule has 0 spiro atoms. The van der Waals surface area contributed by atoms with Crippen LogP contribution < -0.4 is 10.2 Å². The summed E-state index contributed by atoms with van der Waals surface area (Å²) in [5.74, 6) is 2.55. The van der Waals surface area contributed by atoms with Crippen molar-refractivity contribution in [2.45, 2.75) is 51.1 Å². The maximum absolute atomic E-state index is 13.7. The van der Waals surface area contributed by atoms with E-state index in [1.165, 1.54) is 19.3 Å². The van der Waals surface area contributed by atoms with Crippen LogP contribution in [0.2, 0.25) is 0 Å². The Morgan fingerprint density at radius 2 is 1.90 bits per heavy atom. The number of fused-ring (bicyclic) bond motifs is 1. The van der Waals surface area contributed by atoms with Gasteiger partial charge >= 0.3 is 0 Å². The molecular weight excluding hydrogens is 498 g/mol. The Bertz CT molecular complexity index is 1660. The lowest BCUT2D eigenvalue weighted by Crippen LogP contribution is -2.27. The standard InChI is InChI=1S/C32H31N7O/c1-38-19-35-37-31(38)28-11-21(15-33)6-10-26(28)25-13-29(23-8-9-23)36-30(14-25)39-18-24-7-5-22(12-27(24)32(39)40)17-34-16-20-3-2-4-20/h5-7,10-14,19-20,23,34H,2-4,8-9,16-18H2,1H3. The van der Waals surface area contributed by atoms with Crippen molar-refractivity contribution in [2.24, 2.45) is 13.0 Å². The third-order valence-corrected chi connectivity index (χ3v) is 8.48. The van der Waals surface area contributed by atoms with Gasteiger partial charge < -0.3 is 9.88 Å². The van der Waals surface area contributed by atoms with Crippen molar-refractivity contribution in [3.63, 3.8) is 0 Å². The molecule has 1 amide bonds. The summed E-state index contributed by atoms with van der Waals surface area (Å²) in [4.78, 5) is 20.5. The van der Waals surface area contributed by atoms with Crippen LogP contribution in [0.3, 0.4) is 0 Å². The number of aryl methyl sites for hydroxylation is 1. The molecule has 3 heterocycles. The maximum atomic E-state index is 13.7. The monoisotopic (exact) mass is 529 g/mol. The van der Waals surface area contributed by atoms with Gasteiger partial charge in [0.1, 0.15) is 12.1 Å². The second kappa shape index (κ2) is 10.00. The Balaban J connectivity index is 1.22. The molecule has 2 aliphatic carbocycles. The lowest BCUT2D eigenvalue weighted by Gasteiger charge is -2.25. The number of aromatic nitrogens is 4. The number of hydrogen-bond acceptors (Lipinski definition) is 6. The average molecular weight is 530 g/mol. The smallest absolute Gasteiger partial charge is 0.260 e. The number of nitriles is 1. The second-order valence-electron chi connectivity index (χ2n) is 11.4. The predicted octanol–water partition coefficient (Wildman–Crippen LogP) is 5.34. The van der Waals surface area contributed by atoms with E-state index in [2.05, 4.69) is 39.8 Å². The van der Waals surface area contributed by atoms with Gasteiger partial charge in [-0.1, -0.05) is 24.6 Å². The van der Waals surface area contributed by atoms with Gasteiger partial charge in [-0.25, -0.2) is 4.98 Å². The van der Waals surface area contributed by atoms with Crippen LogP contribution in [-0.2, 0) is 20.1 Å². The number of rotatable bonds is 8. The second-order valence-corrected chi connectivity index (χ2v) is 11.4. The van der Waals surface area contributed by atoms with Crippen LogP contribution in [0.1, 0.15) is 70.8 Å². The lowest BCUT2D eigenvalue weighted by atomic mass is 9.85. The Morgan fingerprint density at radius 3 is 2.62 bits per heavy atom. The normalized spacial score (nSPS) is 16.6. The first-order chi connectivity index (χ1) is 19.6. The van der Waals surface area contributed by atoms with Crippen molar-refractivity contribution in [3.05, 3.63) is 82.8 Å². The molecule has 0 atom stereocenters. The molecule has 200 valence electrons. The summed E-state index contributed by atoms with van der Waals surface area (Å²) in [6.45, 7) is 2.33. The first-order valence-electron chi connectivity index (χ1n) is 14.1. The van der Waals surface area contributed by atoms with E-state index in [1.54, 1.807) is 11.2 Å². The van der Waals surface area contributed by atoms with Gasteiger partial charge in [-0.2, -0.15) is 5.26 Å². The Kier molecular flexibility index (Phi) is 6.17. The van der Waals surface area contributed by atoms with Gasteiger partial charge in [0.05, 0.1) is 18.2 Å².